The van der Waals surface area contributed by atoms with E-state index >= 15 is 0 Å². The minimum absolute atomic E-state index is 0. The van der Waals surface area contributed by atoms with Crippen molar-refractivity contribution in [2.45, 2.75) is 79.4 Å². The third-order valence-corrected chi connectivity index (χ3v) is 8.63. The van der Waals surface area contributed by atoms with Gasteiger partial charge in [0.1, 0.15) is 0 Å². The number of hydrogen-bond donors (Lipinski definition) is 4. The summed E-state index contributed by atoms with van der Waals surface area (Å²) in [6.45, 7) is 11.0. The summed E-state index contributed by atoms with van der Waals surface area (Å²) in [6.07, 6.45) is -1.59. The summed E-state index contributed by atoms with van der Waals surface area (Å²) in [6, 6.07) is 7.41. The Kier molecular flexibility index (Phi) is 10.2. The van der Waals surface area contributed by atoms with Gasteiger partial charge in [0.2, 0.25) is 0 Å². The standard InChI is InChI=1S/C34H38N4O6.Cd/c1-15-21(7-9-31(41)42)27-14-28-22(8-10-32(43)44)16(2)24(36-28)12-29-34(20(6)40)18(4)26(38-29)13-30-33(19(5)39)17(3)25(37-30)11-23(15)35-27;/h11-14,19-20,37-40H,7-10H2,1-6H3,(H,41,42)(H,43,44);/q;+2/p-2. The summed E-state index contributed by atoms with van der Waals surface area (Å²) in [5.74, 6) is -2.35. The van der Waals surface area contributed by atoms with Gasteiger partial charge in [-0.2, -0.15) is 0 Å². The first kappa shape index (κ1) is 34.3. The Bertz CT molecular complexity index is 1930. The van der Waals surface area contributed by atoms with Crippen molar-refractivity contribution in [1.82, 2.24) is 19.9 Å². The summed E-state index contributed by atoms with van der Waals surface area (Å²) in [5, 5.41) is 44.4. The summed E-state index contributed by atoms with van der Waals surface area (Å²) >= 11 is 0. The zero-order valence-electron chi connectivity index (χ0n) is 26.4. The fourth-order valence-corrected chi connectivity index (χ4v) is 6.31. The van der Waals surface area contributed by atoms with Crippen molar-refractivity contribution in [3.8, 4) is 0 Å². The number of fused-ring (bicyclic) bond motifs is 8. The molecule has 0 saturated heterocycles. The quantitative estimate of drug-likeness (QED) is 0.254. The molecule has 0 aliphatic carbocycles. The van der Waals surface area contributed by atoms with Crippen LogP contribution in [0.5, 0.6) is 0 Å². The second-order valence-corrected chi connectivity index (χ2v) is 11.6. The molecular formula is C34H36CdN4O6. The van der Waals surface area contributed by atoms with Crippen LogP contribution in [0.15, 0.2) is 24.3 Å². The molecule has 2 aliphatic rings. The minimum atomic E-state index is -1.18. The van der Waals surface area contributed by atoms with Gasteiger partial charge < -0.3 is 40.0 Å². The number of carboxylic acid groups (broad SMARTS) is 2. The van der Waals surface area contributed by atoms with E-state index < -0.39 is 24.1 Å². The van der Waals surface area contributed by atoms with E-state index in [9.17, 15) is 30.0 Å². The van der Waals surface area contributed by atoms with Crippen LogP contribution in [0.25, 0.3) is 44.4 Å². The van der Waals surface area contributed by atoms with Gasteiger partial charge in [-0.25, -0.2) is 9.97 Å². The smallest absolute Gasteiger partial charge is 0.550 e. The van der Waals surface area contributed by atoms with Gasteiger partial charge in [0.15, 0.2) is 0 Å². The Morgan fingerprint density at radius 2 is 1.04 bits per heavy atom. The molecule has 230 valence electrons. The third-order valence-electron chi connectivity index (χ3n) is 8.63. The number of nitrogens with one attached hydrogen (secondary N) is 2. The van der Waals surface area contributed by atoms with Crippen LogP contribution in [-0.4, -0.2) is 42.1 Å². The van der Waals surface area contributed by atoms with Gasteiger partial charge in [0.25, 0.3) is 0 Å². The Labute approximate surface area is 281 Å². The van der Waals surface area contributed by atoms with Gasteiger partial charge in [-0.15, -0.1) is 0 Å². The van der Waals surface area contributed by atoms with E-state index in [1.54, 1.807) is 19.9 Å². The molecule has 10 nitrogen and oxygen atoms in total. The molecule has 0 aromatic carbocycles. The zero-order chi connectivity index (χ0) is 32.0. The van der Waals surface area contributed by atoms with Crippen LogP contribution in [0.2, 0.25) is 0 Å². The fourth-order valence-electron chi connectivity index (χ4n) is 6.31. The molecule has 2 atom stereocenters. The number of aromatic nitrogens is 4. The SMILES string of the molecule is CC1=C(CCC(=O)[O-])c2cc3nc(cc4[nH]c(cc5[nH]c(cc1n2)c(C)c5C(C)O)c(C)c4C(C)O)C(C)=C3CCC(=O)[O-].[Cd+2]. The minimum Gasteiger partial charge on any atom is -0.550 e. The van der Waals surface area contributed by atoms with Gasteiger partial charge in [-0.3, -0.25) is 0 Å². The number of aliphatic carboxylic acids is 2. The van der Waals surface area contributed by atoms with Crippen LogP contribution in [0.3, 0.4) is 0 Å². The maximum atomic E-state index is 11.4. The molecule has 8 bridgehead atoms. The number of aryl methyl sites for hydroxylation is 2. The molecule has 5 heterocycles. The van der Waals surface area contributed by atoms with Gasteiger partial charge in [-0.05, 0) is 125 Å². The summed E-state index contributed by atoms with van der Waals surface area (Å²) in [5.41, 5.74) is 11.3. The van der Waals surface area contributed by atoms with E-state index in [2.05, 4.69) is 9.97 Å². The maximum Gasteiger partial charge on any atom is 2.00 e. The zero-order valence-corrected chi connectivity index (χ0v) is 30.5. The van der Waals surface area contributed by atoms with Crippen molar-refractivity contribution in [3.63, 3.8) is 0 Å². The van der Waals surface area contributed by atoms with Crippen molar-refractivity contribution in [2.24, 2.45) is 0 Å². The summed E-state index contributed by atoms with van der Waals surface area (Å²) in [7, 11) is 0. The number of aromatic amines is 2. The molecule has 45 heavy (non-hydrogen) atoms. The van der Waals surface area contributed by atoms with Gasteiger partial charge in [-0.1, -0.05) is 0 Å². The van der Waals surface area contributed by atoms with Crippen molar-refractivity contribution < 1.29 is 57.3 Å². The second kappa shape index (κ2) is 13.4. The molecule has 3 aromatic rings. The first-order valence-corrected chi connectivity index (χ1v) is 14.7. The van der Waals surface area contributed by atoms with E-state index in [0.29, 0.717) is 39.4 Å². The number of hydrogen-bond acceptors (Lipinski definition) is 8. The number of rotatable bonds is 8. The largest absolute Gasteiger partial charge is 2.00 e. The topological polar surface area (TPSA) is 178 Å². The number of allylic oxidation sites excluding steroid dienone is 4. The molecule has 5 rings (SSSR count). The van der Waals surface area contributed by atoms with E-state index in [1.807, 2.05) is 45.9 Å². The third kappa shape index (κ3) is 6.68. The molecule has 0 amide bonds. The molecule has 0 spiro atoms. The van der Waals surface area contributed by atoms with Gasteiger partial charge in [0, 0.05) is 45.1 Å². The van der Waals surface area contributed by atoms with Crippen LogP contribution < -0.4 is 10.2 Å². The number of carbonyl (C=O) groups is 2. The van der Waals surface area contributed by atoms with Crippen molar-refractivity contribution in [1.29, 1.82) is 0 Å². The van der Waals surface area contributed by atoms with Gasteiger partial charge >= 0.3 is 27.3 Å². The number of carbonyl (C=O) groups excluding carboxylic acids is 2. The summed E-state index contributed by atoms with van der Waals surface area (Å²) < 4.78 is 0. The number of aliphatic hydroxyl groups excluding tert-OH is 2. The number of H-pyrrole nitrogens is 2. The first-order chi connectivity index (χ1) is 20.8. The van der Waals surface area contributed by atoms with Crippen molar-refractivity contribution in [2.75, 3.05) is 0 Å². The predicted molar refractivity (Wildman–Crippen MR) is 165 cm³/mol. The first-order valence-electron chi connectivity index (χ1n) is 14.7. The molecule has 0 saturated carbocycles. The van der Waals surface area contributed by atoms with Crippen LogP contribution >= 0.6 is 0 Å². The normalized spacial score (nSPS) is 14.4. The number of carboxylic acids is 2. The monoisotopic (exact) mass is 710 g/mol. The van der Waals surface area contributed by atoms with Crippen LogP contribution in [0, 0.1) is 13.8 Å². The Hall–Kier alpha value is -3.62. The van der Waals surface area contributed by atoms with E-state index in [0.717, 1.165) is 50.0 Å². The van der Waals surface area contributed by atoms with Crippen molar-refractivity contribution >= 4 is 56.3 Å². The molecule has 2 aliphatic heterocycles. The maximum absolute atomic E-state index is 11.4. The molecule has 2 unspecified atom stereocenters. The Morgan fingerprint density at radius 3 is 1.44 bits per heavy atom. The van der Waals surface area contributed by atoms with E-state index in [-0.39, 0.29) is 53.0 Å². The predicted octanol–water partition coefficient (Wildman–Crippen LogP) is 3.96. The molecule has 11 heteroatoms. The van der Waals surface area contributed by atoms with Gasteiger partial charge in [0.05, 0.1) is 35.0 Å². The molecule has 0 radical (unpaired) electrons. The van der Waals surface area contributed by atoms with E-state index in [1.165, 1.54) is 0 Å². The average Bonchev–Trinajstić information content (AvgIpc) is 3.59. The fraction of sp³-hybridized carbons (Fsp3) is 0.353. The summed E-state index contributed by atoms with van der Waals surface area (Å²) in [4.78, 5) is 39.5. The Morgan fingerprint density at radius 1 is 0.667 bits per heavy atom. The van der Waals surface area contributed by atoms with Crippen molar-refractivity contribution in [3.05, 3.63) is 69.3 Å². The van der Waals surface area contributed by atoms with Crippen LogP contribution in [0.4, 0.5) is 0 Å². The number of nitrogens with zero attached hydrogens (tertiary/aromatic N) is 2. The molecule has 0 fully saturated rings. The average molecular weight is 709 g/mol. The second-order valence-electron chi connectivity index (χ2n) is 11.6. The van der Waals surface area contributed by atoms with Crippen LogP contribution in [-0.2, 0) is 36.9 Å². The Balaban J connectivity index is 0.00000461. The van der Waals surface area contributed by atoms with E-state index in [4.69, 9.17) is 9.97 Å². The van der Waals surface area contributed by atoms with Crippen LogP contribution in [0.1, 0.15) is 111 Å². The molecule has 4 N–H and O–H groups in total. The molecule has 3 aromatic heterocycles. The molecular weight excluding hydrogens is 673 g/mol. The number of aliphatic hydroxyl groups is 2.